The molecule has 1 aliphatic heterocycles. The molecule has 84 valence electrons. The fraction of sp³-hybridized carbons (Fsp3) is 0.273. The smallest absolute Gasteiger partial charge is 0.304 e. The van der Waals surface area contributed by atoms with E-state index in [1.807, 2.05) is 18.2 Å². The van der Waals surface area contributed by atoms with E-state index < -0.39 is 12.2 Å². The summed E-state index contributed by atoms with van der Waals surface area (Å²) in [5.41, 5.74) is 0.627. The highest BCUT2D eigenvalue weighted by molar-refractivity contribution is 7.99. The largest absolute Gasteiger partial charge is 0.441 e. The van der Waals surface area contributed by atoms with Crippen LogP contribution in [0.4, 0.5) is 0 Å². The molecule has 0 fully saturated rings. The van der Waals surface area contributed by atoms with Gasteiger partial charge >= 0.3 is 5.97 Å². The zero-order chi connectivity index (χ0) is 11.5. The summed E-state index contributed by atoms with van der Waals surface area (Å²) in [6.07, 6.45) is -0.553. The minimum Gasteiger partial charge on any atom is -0.441 e. The van der Waals surface area contributed by atoms with Crippen molar-refractivity contribution in [2.75, 3.05) is 5.75 Å². The topological polar surface area (TPSA) is 55.4 Å². The number of hydrogen-bond donors (Lipinski definition) is 1. The fourth-order valence-corrected chi connectivity index (χ4v) is 2.45. The normalized spacial score (nSPS) is 19.3. The van der Waals surface area contributed by atoms with Crippen LogP contribution in [0.5, 0.6) is 0 Å². The van der Waals surface area contributed by atoms with Crippen LogP contribution in [0.25, 0.3) is 0 Å². The van der Waals surface area contributed by atoms with Crippen LogP contribution < -0.4 is 5.32 Å². The maximum Gasteiger partial charge on any atom is 0.304 e. The molecule has 4 nitrogen and oxygen atoms in total. The Morgan fingerprint density at radius 3 is 3.00 bits per heavy atom. The third-order valence-electron chi connectivity index (χ3n) is 2.12. The lowest BCUT2D eigenvalue weighted by molar-refractivity contribution is -0.146. The van der Waals surface area contributed by atoms with Gasteiger partial charge < -0.3 is 10.1 Å². The van der Waals surface area contributed by atoms with Crippen molar-refractivity contribution in [1.29, 1.82) is 0 Å². The van der Waals surface area contributed by atoms with E-state index in [9.17, 15) is 9.59 Å². The van der Waals surface area contributed by atoms with Gasteiger partial charge in [0.05, 0.1) is 11.3 Å². The second-order valence-corrected chi connectivity index (χ2v) is 4.44. The Morgan fingerprint density at radius 1 is 1.50 bits per heavy atom. The molecule has 1 aliphatic rings. The standard InChI is InChI=1S/C11H11NO3S/c1-7(13)15-10-6-16-9-5-3-2-4-8(9)11(14)12-10/h2-5,10H,6H2,1H3,(H,12,14). The molecule has 0 radical (unpaired) electrons. The lowest BCUT2D eigenvalue weighted by Crippen LogP contribution is -2.38. The Bertz CT molecular complexity index is 433. The molecule has 2 rings (SSSR count). The van der Waals surface area contributed by atoms with Crippen LogP contribution in [-0.4, -0.2) is 23.9 Å². The molecule has 1 heterocycles. The Hall–Kier alpha value is -1.49. The molecule has 16 heavy (non-hydrogen) atoms. The maximum absolute atomic E-state index is 11.8. The highest BCUT2D eigenvalue weighted by Crippen LogP contribution is 2.26. The number of fused-ring (bicyclic) bond motifs is 1. The van der Waals surface area contributed by atoms with Crippen molar-refractivity contribution in [3.8, 4) is 0 Å². The van der Waals surface area contributed by atoms with Crippen molar-refractivity contribution in [3.05, 3.63) is 29.8 Å². The Kier molecular flexibility index (Phi) is 3.14. The number of esters is 1. The zero-order valence-electron chi connectivity index (χ0n) is 8.73. The molecule has 1 amide bonds. The van der Waals surface area contributed by atoms with Crippen LogP contribution in [-0.2, 0) is 9.53 Å². The molecular formula is C11H11NO3S. The van der Waals surface area contributed by atoms with Gasteiger partial charge in [0.25, 0.3) is 5.91 Å². The molecule has 1 aromatic rings. The highest BCUT2D eigenvalue weighted by Gasteiger charge is 2.23. The SMILES string of the molecule is CC(=O)OC1CSc2ccccc2C(=O)N1. The van der Waals surface area contributed by atoms with Crippen molar-refractivity contribution < 1.29 is 14.3 Å². The van der Waals surface area contributed by atoms with Crippen LogP contribution >= 0.6 is 11.8 Å². The summed E-state index contributed by atoms with van der Waals surface area (Å²) in [5, 5.41) is 2.66. The van der Waals surface area contributed by atoms with Gasteiger partial charge in [-0.2, -0.15) is 0 Å². The number of amides is 1. The number of ether oxygens (including phenoxy) is 1. The molecule has 1 aromatic carbocycles. The van der Waals surface area contributed by atoms with Gasteiger partial charge in [-0.3, -0.25) is 9.59 Å². The van der Waals surface area contributed by atoms with Crippen molar-refractivity contribution in [1.82, 2.24) is 5.32 Å². The van der Waals surface area contributed by atoms with Crippen molar-refractivity contribution in [2.45, 2.75) is 18.0 Å². The van der Waals surface area contributed by atoms with Gasteiger partial charge in [-0.25, -0.2) is 0 Å². The number of benzene rings is 1. The van der Waals surface area contributed by atoms with Gasteiger partial charge in [-0.15, -0.1) is 11.8 Å². The maximum atomic E-state index is 11.8. The zero-order valence-corrected chi connectivity index (χ0v) is 9.54. The summed E-state index contributed by atoms with van der Waals surface area (Å²) in [6, 6.07) is 7.33. The van der Waals surface area contributed by atoms with Crippen LogP contribution in [0.3, 0.4) is 0 Å². The molecule has 0 spiro atoms. The van der Waals surface area contributed by atoms with Crippen molar-refractivity contribution in [3.63, 3.8) is 0 Å². The number of carbonyl (C=O) groups is 2. The van der Waals surface area contributed by atoms with E-state index in [2.05, 4.69) is 5.32 Å². The molecule has 0 bridgehead atoms. The number of carbonyl (C=O) groups excluding carboxylic acids is 2. The minimum atomic E-state index is -0.553. The first-order valence-electron chi connectivity index (χ1n) is 4.87. The third kappa shape index (κ3) is 2.36. The molecule has 1 unspecified atom stereocenters. The number of rotatable bonds is 1. The molecule has 0 saturated heterocycles. The van der Waals surface area contributed by atoms with Gasteiger partial charge in [-0.1, -0.05) is 12.1 Å². The summed E-state index contributed by atoms with van der Waals surface area (Å²) in [4.78, 5) is 23.5. The second-order valence-electron chi connectivity index (χ2n) is 3.38. The molecule has 0 aromatic heterocycles. The van der Waals surface area contributed by atoms with E-state index in [1.165, 1.54) is 18.7 Å². The number of nitrogens with one attached hydrogen (secondary N) is 1. The van der Waals surface area contributed by atoms with Crippen molar-refractivity contribution in [2.24, 2.45) is 0 Å². The van der Waals surface area contributed by atoms with E-state index >= 15 is 0 Å². The van der Waals surface area contributed by atoms with Crippen LogP contribution in [0.1, 0.15) is 17.3 Å². The molecule has 0 aliphatic carbocycles. The third-order valence-corrected chi connectivity index (χ3v) is 3.26. The van der Waals surface area contributed by atoms with Crippen LogP contribution in [0.2, 0.25) is 0 Å². The van der Waals surface area contributed by atoms with Crippen LogP contribution in [0, 0.1) is 0 Å². The predicted molar refractivity (Wildman–Crippen MR) is 60.2 cm³/mol. The van der Waals surface area contributed by atoms with E-state index in [4.69, 9.17) is 4.74 Å². The van der Waals surface area contributed by atoms with Gasteiger partial charge in [0.15, 0.2) is 6.23 Å². The molecular weight excluding hydrogens is 226 g/mol. The van der Waals surface area contributed by atoms with E-state index in [0.29, 0.717) is 11.3 Å². The first-order chi connectivity index (χ1) is 7.66. The average molecular weight is 237 g/mol. The quantitative estimate of drug-likeness (QED) is 0.750. The molecule has 1 N–H and O–H groups in total. The summed E-state index contributed by atoms with van der Waals surface area (Å²) < 4.78 is 4.98. The lowest BCUT2D eigenvalue weighted by Gasteiger charge is -2.14. The Balaban J connectivity index is 2.19. The summed E-state index contributed by atoms with van der Waals surface area (Å²) >= 11 is 1.50. The monoisotopic (exact) mass is 237 g/mol. The number of thioether (sulfide) groups is 1. The first kappa shape index (κ1) is 11.0. The van der Waals surface area contributed by atoms with E-state index in [1.54, 1.807) is 6.07 Å². The highest BCUT2D eigenvalue weighted by atomic mass is 32.2. The Labute approximate surface area is 97.4 Å². The first-order valence-corrected chi connectivity index (χ1v) is 5.85. The van der Waals surface area contributed by atoms with Gasteiger partial charge in [0.2, 0.25) is 0 Å². The lowest BCUT2D eigenvalue weighted by atomic mass is 10.2. The minimum absolute atomic E-state index is 0.202. The number of hydrogen-bond acceptors (Lipinski definition) is 4. The summed E-state index contributed by atoms with van der Waals surface area (Å²) in [6.45, 7) is 1.33. The van der Waals surface area contributed by atoms with E-state index in [-0.39, 0.29) is 5.91 Å². The molecule has 1 atom stereocenters. The molecule has 5 heteroatoms. The van der Waals surface area contributed by atoms with Crippen molar-refractivity contribution >= 4 is 23.6 Å². The predicted octanol–water partition coefficient (Wildman–Crippen LogP) is 1.41. The average Bonchev–Trinajstić information content (AvgIpc) is 2.39. The summed E-state index contributed by atoms with van der Waals surface area (Å²) in [7, 11) is 0. The van der Waals surface area contributed by atoms with Gasteiger partial charge in [-0.05, 0) is 12.1 Å². The molecule has 0 saturated carbocycles. The van der Waals surface area contributed by atoms with Crippen LogP contribution in [0.15, 0.2) is 29.2 Å². The van der Waals surface area contributed by atoms with E-state index in [0.717, 1.165) is 4.90 Å². The fourth-order valence-electron chi connectivity index (χ4n) is 1.48. The summed E-state index contributed by atoms with van der Waals surface area (Å²) in [5.74, 6) is -0.0637. The second kappa shape index (κ2) is 4.57. The Morgan fingerprint density at radius 2 is 2.25 bits per heavy atom. The van der Waals surface area contributed by atoms with Gasteiger partial charge in [0.1, 0.15) is 0 Å². The van der Waals surface area contributed by atoms with Gasteiger partial charge in [0, 0.05) is 11.8 Å².